The van der Waals surface area contributed by atoms with E-state index in [1.165, 1.54) is 29.2 Å². The Bertz CT molecular complexity index is 1590. The van der Waals surface area contributed by atoms with Gasteiger partial charge < -0.3 is 30.1 Å². The number of rotatable bonds is 9. The average molecular weight is 690 g/mol. The molecule has 0 spiro atoms. The Labute approximate surface area is 291 Å². The topological polar surface area (TPSA) is 126 Å². The Hall–Kier alpha value is -5.10. The maximum atomic E-state index is 12.7. The summed E-state index contributed by atoms with van der Waals surface area (Å²) in [6.07, 6.45) is 9.29. The van der Waals surface area contributed by atoms with E-state index < -0.39 is 17.6 Å². The quantitative estimate of drug-likeness (QED) is 0.205. The highest BCUT2D eigenvalue weighted by Gasteiger charge is 2.30. The molecule has 3 N–H and O–H groups in total. The van der Waals surface area contributed by atoms with Crippen LogP contribution in [0.25, 0.3) is 11.1 Å². The standard InChI is InChI=1S/C29H33N5O3.C7H8F2.C2H4O2/c35-29(37-19-27-25-7-3-1-5-23(25)24-6-2-4-8-26(24)27)33-21-11-14-34(17-21)28-31-15-22(16-32-28)36-18-20-9-12-30-13-10-20;1-3-7(9)5-4-6(2)8;1-2(3)4/h1-8,15-16,20-21,27,30H,9-14,17-19H2,(H,33,35);3-5H,1H2,2H3;1H3,(H,3,4)/b;6-4+,7-5+;. The number of hydrogen-bond acceptors (Lipinski definition) is 8. The van der Waals surface area contributed by atoms with Gasteiger partial charge in [-0.3, -0.25) is 4.79 Å². The molecule has 0 radical (unpaired) electrons. The molecule has 1 amide bonds. The summed E-state index contributed by atoms with van der Waals surface area (Å²) in [6.45, 7) is 10.0. The number of nitrogens with zero attached hydrogens (tertiary/aromatic N) is 3. The summed E-state index contributed by atoms with van der Waals surface area (Å²) in [5.41, 5.74) is 4.87. The Morgan fingerprint density at radius 3 is 2.16 bits per heavy atom. The lowest BCUT2D eigenvalue weighted by Gasteiger charge is -2.22. The maximum absolute atomic E-state index is 12.7. The zero-order valence-corrected chi connectivity index (χ0v) is 28.5. The molecule has 0 bridgehead atoms. The minimum Gasteiger partial charge on any atom is -0.490 e. The molecular weight excluding hydrogens is 644 g/mol. The molecule has 3 aromatic rings. The molecule has 3 aliphatic rings. The molecule has 266 valence electrons. The number of fused-ring (bicyclic) bond motifs is 3. The minimum absolute atomic E-state index is 0.00455. The van der Waals surface area contributed by atoms with E-state index in [2.05, 4.69) is 68.5 Å². The molecule has 2 aromatic carbocycles. The van der Waals surface area contributed by atoms with E-state index in [1.807, 2.05) is 12.1 Å². The van der Waals surface area contributed by atoms with Crippen LogP contribution in [0.3, 0.4) is 0 Å². The summed E-state index contributed by atoms with van der Waals surface area (Å²) in [7, 11) is 0. The van der Waals surface area contributed by atoms with E-state index in [1.54, 1.807) is 12.4 Å². The third-order valence-corrected chi connectivity index (χ3v) is 8.36. The van der Waals surface area contributed by atoms with E-state index >= 15 is 0 Å². The molecule has 6 rings (SSSR count). The number of alkyl carbamates (subject to hydrolysis) is 1. The number of carboxylic acids is 1. The molecule has 2 saturated heterocycles. The lowest BCUT2D eigenvalue weighted by molar-refractivity contribution is -0.134. The Balaban J connectivity index is 0.000000370. The van der Waals surface area contributed by atoms with Crippen LogP contribution in [0, 0.1) is 5.92 Å². The number of carboxylic acid groups (broad SMARTS) is 1. The van der Waals surface area contributed by atoms with Crippen molar-refractivity contribution in [3.8, 4) is 16.9 Å². The number of amides is 1. The van der Waals surface area contributed by atoms with Crippen molar-refractivity contribution in [1.82, 2.24) is 20.6 Å². The van der Waals surface area contributed by atoms with Crippen molar-refractivity contribution in [2.24, 2.45) is 5.92 Å². The predicted molar refractivity (Wildman–Crippen MR) is 190 cm³/mol. The van der Waals surface area contributed by atoms with Crippen LogP contribution in [-0.2, 0) is 9.53 Å². The van der Waals surface area contributed by atoms with Gasteiger partial charge in [0, 0.05) is 25.9 Å². The van der Waals surface area contributed by atoms with Gasteiger partial charge in [-0.2, -0.15) is 0 Å². The zero-order chi connectivity index (χ0) is 35.9. The number of allylic oxidation sites excluding steroid dienone is 5. The SMILES string of the molecule is C=C/C(F)=C\C=C(/C)F.CC(=O)O.O=C(NC1CCN(c2ncc(OCC3CCNCC3)cn2)C1)OCC1c2ccccc2-c2ccccc21. The highest BCUT2D eigenvalue weighted by atomic mass is 19.1. The second-order valence-electron chi connectivity index (χ2n) is 12.2. The number of aromatic nitrogens is 2. The first kappa shape index (κ1) is 37.7. The van der Waals surface area contributed by atoms with Crippen molar-refractivity contribution in [2.45, 2.75) is 45.1 Å². The van der Waals surface area contributed by atoms with Gasteiger partial charge in [0.15, 0.2) is 5.75 Å². The van der Waals surface area contributed by atoms with Crippen LogP contribution in [0.4, 0.5) is 19.5 Å². The van der Waals surface area contributed by atoms with Gasteiger partial charge in [-0.15, -0.1) is 0 Å². The van der Waals surface area contributed by atoms with Crippen LogP contribution in [0.15, 0.2) is 97.4 Å². The number of anilines is 1. The third kappa shape index (κ3) is 11.5. The van der Waals surface area contributed by atoms with Gasteiger partial charge in [-0.25, -0.2) is 23.5 Å². The van der Waals surface area contributed by atoms with E-state index in [0.717, 1.165) is 64.0 Å². The molecular formula is C38H45F2N5O5. The Morgan fingerprint density at radius 2 is 1.58 bits per heavy atom. The highest BCUT2D eigenvalue weighted by molar-refractivity contribution is 5.79. The van der Waals surface area contributed by atoms with Gasteiger partial charge in [0.2, 0.25) is 5.95 Å². The van der Waals surface area contributed by atoms with Crippen molar-refractivity contribution in [3.63, 3.8) is 0 Å². The number of carbonyl (C=O) groups excluding carboxylic acids is 1. The molecule has 2 aliphatic heterocycles. The molecule has 1 aromatic heterocycles. The number of carbonyl (C=O) groups is 2. The first-order valence-electron chi connectivity index (χ1n) is 16.7. The fourth-order valence-electron chi connectivity index (χ4n) is 5.94. The van der Waals surface area contributed by atoms with E-state index in [-0.39, 0.29) is 18.1 Å². The number of ether oxygens (including phenoxy) is 2. The van der Waals surface area contributed by atoms with Gasteiger partial charge in [0.1, 0.15) is 12.4 Å². The van der Waals surface area contributed by atoms with Crippen molar-refractivity contribution >= 4 is 18.0 Å². The normalized spacial score (nSPS) is 17.3. The van der Waals surface area contributed by atoms with Crippen LogP contribution in [0.2, 0.25) is 0 Å². The maximum Gasteiger partial charge on any atom is 0.407 e. The Morgan fingerprint density at radius 1 is 0.980 bits per heavy atom. The summed E-state index contributed by atoms with van der Waals surface area (Å²) in [5, 5.41) is 13.8. The molecule has 10 nitrogen and oxygen atoms in total. The minimum atomic E-state index is -0.833. The third-order valence-electron chi connectivity index (χ3n) is 8.36. The summed E-state index contributed by atoms with van der Waals surface area (Å²) >= 11 is 0. The number of nitrogens with one attached hydrogen (secondary N) is 2. The van der Waals surface area contributed by atoms with Crippen molar-refractivity contribution in [1.29, 1.82) is 0 Å². The summed E-state index contributed by atoms with van der Waals surface area (Å²) in [6, 6.07) is 16.7. The molecule has 0 saturated carbocycles. The summed E-state index contributed by atoms with van der Waals surface area (Å²) in [4.78, 5) is 32.8. The predicted octanol–water partition coefficient (Wildman–Crippen LogP) is 6.96. The van der Waals surface area contributed by atoms with Crippen molar-refractivity contribution < 1.29 is 33.0 Å². The monoisotopic (exact) mass is 689 g/mol. The fraction of sp³-hybridized carbons (Fsp3) is 0.368. The molecule has 1 atom stereocenters. The van der Waals surface area contributed by atoms with Crippen LogP contribution in [0.5, 0.6) is 5.75 Å². The molecule has 50 heavy (non-hydrogen) atoms. The Kier molecular flexibility index (Phi) is 14.5. The van der Waals surface area contributed by atoms with E-state index in [9.17, 15) is 13.6 Å². The molecule has 3 heterocycles. The largest absolute Gasteiger partial charge is 0.490 e. The highest BCUT2D eigenvalue weighted by Crippen LogP contribution is 2.44. The number of halogens is 2. The van der Waals surface area contributed by atoms with E-state index in [4.69, 9.17) is 19.4 Å². The van der Waals surface area contributed by atoms with Gasteiger partial charge in [-0.1, -0.05) is 55.1 Å². The first-order valence-corrected chi connectivity index (χ1v) is 16.7. The smallest absolute Gasteiger partial charge is 0.407 e. The number of hydrogen-bond donors (Lipinski definition) is 3. The van der Waals surface area contributed by atoms with Gasteiger partial charge in [0.25, 0.3) is 5.97 Å². The summed E-state index contributed by atoms with van der Waals surface area (Å²) < 4.78 is 35.5. The first-order chi connectivity index (χ1) is 24.1. The lowest BCUT2D eigenvalue weighted by atomic mass is 9.98. The number of aliphatic carboxylic acids is 1. The van der Waals surface area contributed by atoms with Crippen LogP contribution < -0.4 is 20.3 Å². The van der Waals surface area contributed by atoms with Crippen molar-refractivity contribution in [3.05, 3.63) is 109 Å². The van der Waals surface area contributed by atoms with Gasteiger partial charge in [0.05, 0.1) is 30.9 Å². The number of piperidine rings is 1. The average Bonchev–Trinajstić information content (AvgIpc) is 3.72. The second-order valence-corrected chi connectivity index (χ2v) is 12.2. The molecule has 2 fully saturated rings. The second kappa shape index (κ2) is 19.2. The molecule has 1 aliphatic carbocycles. The lowest BCUT2D eigenvalue weighted by Crippen LogP contribution is -2.38. The zero-order valence-electron chi connectivity index (χ0n) is 28.5. The molecule has 12 heteroatoms. The van der Waals surface area contributed by atoms with Crippen molar-refractivity contribution in [2.75, 3.05) is 44.3 Å². The summed E-state index contributed by atoms with van der Waals surface area (Å²) in [5.74, 6) is 0.214. The van der Waals surface area contributed by atoms with E-state index in [0.29, 0.717) is 37.4 Å². The van der Waals surface area contributed by atoms with Crippen LogP contribution in [-0.4, -0.2) is 72.6 Å². The van der Waals surface area contributed by atoms with Gasteiger partial charge >= 0.3 is 6.09 Å². The number of benzene rings is 2. The van der Waals surface area contributed by atoms with Crippen LogP contribution >= 0.6 is 0 Å². The van der Waals surface area contributed by atoms with Gasteiger partial charge in [-0.05, 0) is 85.7 Å². The fourth-order valence-corrected chi connectivity index (χ4v) is 5.94. The molecule has 1 unspecified atom stereocenters. The van der Waals surface area contributed by atoms with Crippen LogP contribution in [0.1, 0.15) is 50.2 Å².